The molecular formula is C12H17ClFNO2. The molecule has 0 amide bonds. The average molecular weight is 262 g/mol. The van der Waals surface area contributed by atoms with Crippen molar-refractivity contribution >= 4 is 11.6 Å². The number of nitrogens with one attached hydrogen (secondary N) is 1. The Hall–Kier alpha value is -0.680. The molecule has 1 aromatic carbocycles. The largest absolute Gasteiger partial charge is 0.396 e. The van der Waals surface area contributed by atoms with Crippen molar-refractivity contribution in [2.75, 3.05) is 20.3 Å². The summed E-state index contributed by atoms with van der Waals surface area (Å²) < 4.78 is 18.4. The molecule has 0 bridgehead atoms. The fourth-order valence-electron chi connectivity index (χ4n) is 1.53. The standard InChI is InChI=1S/C12H17ClFNO2/c1-17-8-11(4-5-16)15-7-9-6-10(13)2-3-12(9)14/h2-3,6,11,15-16H,4-5,7-8H2,1H3. The van der Waals surface area contributed by atoms with Crippen LogP contribution in [0.5, 0.6) is 0 Å². The van der Waals surface area contributed by atoms with Gasteiger partial charge in [-0.2, -0.15) is 0 Å². The summed E-state index contributed by atoms with van der Waals surface area (Å²) in [6.45, 7) is 0.905. The average Bonchev–Trinajstić information content (AvgIpc) is 2.30. The summed E-state index contributed by atoms with van der Waals surface area (Å²) in [7, 11) is 1.59. The van der Waals surface area contributed by atoms with Crippen molar-refractivity contribution in [3.63, 3.8) is 0 Å². The number of aliphatic hydroxyl groups excluding tert-OH is 1. The summed E-state index contributed by atoms with van der Waals surface area (Å²) in [6.07, 6.45) is 0.566. The Morgan fingerprint density at radius 1 is 1.53 bits per heavy atom. The van der Waals surface area contributed by atoms with Crippen molar-refractivity contribution in [2.45, 2.75) is 19.0 Å². The highest BCUT2D eigenvalue weighted by molar-refractivity contribution is 6.30. The van der Waals surface area contributed by atoms with Gasteiger partial charge in [-0.05, 0) is 24.6 Å². The van der Waals surface area contributed by atoms with E-state index in [-0.39, 0.29) is 18.5 Å². The second-order valence-electron chi connectivity index (χ2n) is 3.78. The van der Waals surface area contributed by atoms with Gasteiger partial charge in [0.25, 0.3) is 0 Å². The molecule has 17 heavy (non-hydrogen) atoms. The molecular weight excluding hydrogens is 245 g/mol. The van der Waals surface area contributed by atoms with E-state index in [0.29, 0.717) is 30.2 Å². The monoisotopic (exact) mass is 261 g/mol. The van der Waals surface area contributed by atoms with Crippen LogP contribution in [0.25, 0.3) is 0 Å². The van der Waals surface area contributed by atoms with Crippen LogP contribution in [0, 0.1) is 5.82 Å². The molecule has 2 N–H and O–H groups in total. The molecule has 0 aromatic heterocycles. The van der Waals surface area contributed by atoms with Gasteiger partial charge in [0.1, 0.15) is 5.82 Å². The highest BCUT2D eigenvalue weighted by atomic mass is 35.5. The zero-order valence-corrected chi connectivity index (χ0v) is 10.5. The van der Waals surface area contributed by atoms with E-state index in [9.17, 15) is 4.39 Å². The van der Waals surface area contributed by atoms with Crippen LogP contribution < -0.4 is 5.32 Å². The summed E-state index contributed by atoms with van der Waals surface area (Å²) in [5.74, 6) is -0.290. The van der Waals surface area contributed by atoms with Crippen molar-refractivity contribution in [1.29, 1.82) is 0 Å². The first-order valence-electron chi connectivity index (χ1n) is 5.44. The molecule has 0 saturated carbocycles. The highest BCUT2D eigenvalue weighted by Gasteiger charge is 2.09. The molecule has 1 rings (SSSR count). The van der Waals surface area contributed by atoms with Gasteiger partial charge in [0.2, 0.25) is 0 Å². The van der Waals surface area contributed by atoms with Crippen LogP contribution in [0.2, 0.25) is 5.02 Å². The number of benzene rings is 1. The van der Waals surface area contributed by atoms with Gasteiger partial charge in [-0.15, -0.1) is 0 Å². The predicted molar refractivity (Wildman–Crippen MR) is 65.6 cm³/mol. The summed E-state index contributed by atoms with van der Waals surface area (Å²) in [4.78, 5) is 0. The molecule has 1 unspecified atom stereocenters. The van der Waals surface area contributed by atoms with Crippen molar-refractivity contribution in [3.05, 3.63) is 34.6 Å². The molecule has 5 heteroatoms. The number of hydrogen-bond donors (Lipinski definition) is 2. The quantitative estimate of drug-likeness (QED) is 0.789. The number of aliphatic hydroxyl groups is 1. The summed E-state index contributed by atoms with van der Waals surface area (Å²) in [6, 6.07) is 4.45. The molecule has 1 aromatic rings. The van der Waals surface area contributed by atoms with Gasteiger partial charge >= 0.3 is 0 Å². The molecule has 0 radical (unpaired) electrons. The maximum atomic E-state index is 13.4. The molecule has 96 valence electrons. The third-order valence-electron chi connectivity index (χ3n) is 2.43. The summed E-state index contributed by atoms with van der Waals surface area (Å²) >= 11 is 5.80. The molecule has 0 fully saturated rings. The van der Waals surface area contributed by atoms with Gasteiger partial charge in [-0.3, -0.25) is 0 Å². The van der Waals surface area contributed by atoms with E-state index in [1.165, 1.54) is 12.1 Å². The third kappa shape index (κ3) is 5.00. The van der Waals surface area contributed by atoms with E-state index < -0.39 is 0 Å². The van der Waals surface area contributed by atoms with E-state index in [1.54, 1.807) is 13.2 Å². The third-order valence-corrected chi connectivity index (χ3v) is 2.67. The minimum Gasteiger partial charge on any atom is -0.396 e. The van der Waals surface area contributed by atoms with Crippen LogP contribution in [0.15, 0.2) is 18.2 Å². The van der Waals surface area contributed by atoms with Crippen LogP contribution in [0.1, 0.15) is 12.0 Å². The fourth-order valence-corrected chi connectivity index (χ4v) is 1.73. The van der Waals surface area contributed by atoms with E-state index >= 15 is 0 Å². The van der Waals surface area contributed by atoms with E-state index in [0.717, 1.165) is 0 Å². The zero-order chi connectivity index (χ0) is 12.7. The Bertz CT molecular complexity index is 343. The van der Waals surface area contributed by atoms with Gasteiger partial charge < -0.3 is 15.2 Å². The second kappa shape index (κ2) is 7.61. The first-order valence-corrected chi connectivity index (χ1v) is 5.82. The maximum Gasteiger partial charge on any atom is 0.127 e. The maximum absolute atomic E-state index is 13.4. The van der Waals surface area contributed by atoms with Gasteiger partial charge in [-0.1, -0.05) is 11.6 Å². The van der Waals surface area contributed by atoms with Gasteiger partial charge in [0.15, 0.2) is 0 Å². The lowest BCUT2D eigenvalue weighted by Crippen LogP contribution is -2.33. The molecule has 0 saturated heterocycles. The van der Waals surface area contributed by atoms with Crippen molar-refractivity contribution < 1.29 is 14.2 Å². The lowest BCUT2D eigenvalue weighted by molar-refractivity contribution is 0.148. The number of rotatable bonds is 7. The lowest BCUT2D eigenvalue weighted by atomic mass is 10.1. The minimum atomic E-state index is -0.290. The van der Waals surface area contributed by atoms with Crippen molar-refractivity contribution in [2.24, 2.45) is 0 Å². The van der Waals surface area contributed by atoms with E-state index in [4.69, 9.17) is 21.4 Å². The molecule has 0 spiro atoms. The van der Waals surface area contributed by atoms with Crippen LogP contribution in [0.3, 0.4) is 0 Å². The van der Waals surface area contributed by atoms with Gasteiger partial charge in [0.05, 0.1) is 6.61 Å². The smallest absolute Gasteiger partial charge is 0.127 e. The normalized spacial score (nSPS) is 12.7. The minimum absolute atomic E-state index is 0.00313. The van der Waals surface area contributed by atoms with Gasteiger partial charge in [-0.25, -0.2) is 4.39 Å². The van der Waals surface area contributed by atoms with Crippen molar-refractivity contribution in [3.8, 4) is 0 Å². The molecule has 1 atom stereocenters. The van der Waals surface area contributed by atoms with Crippen LogP contribution >= 0.6 is 11.6 Å². The predicted octanol–water partition coefficient (Wildman–Crippen LogP) is 1.97. The Kier molecular flexibility index (Phi) is 6.44. The Balaban J connectivity index is 2.55. The lowest BCUT2D eigenvalue weighted by Gasteiger charge is -2.17. The molecule has 0 aliphatic rings. The molecule has 0 aliphatic heterocycles. The number of ether oxygens (including phenoxy) is 1. The van der Waals surface area contributed by atoms with Crippen LogP contribution in [-0.2, 0) is 11.3 Å². The molecule has 0 aliphatic carbocycles. The Morgan fingerprint density at radius 3 is 2.94 bits per heavy atom. The first kappa shape index (κ1) is 14.4. The summed E-state index contributed by atoms with van der Waals surface area (Å²) in [5.41, 5.74) is 0.511. The zero-order valence-electron chi connectivity index (χ0n) is 9.75. The van der Waals surface area contributed by atoms with E-state index in [1.807, 2.05) is 0 Å². The molecule has 3 nitrogen and oxygen atoms in total. The first-order chi connectivity index (χ1) is 8.17. The Morgan fingerprint density at radius 2 is 2.29 bits per heavy atom. The SMILES string of the molecule is COCC(CCO)NCc1cc(Cl)ccc1F. The van der Waals surface area contributed by atoms with Crippen LogP contribution in [-0.4, -0.2) is 31.5 Å². The molecule has 0 heterocycles. The second-order valence-corrected chi connectivity index (χ2v) is 4.22. The number of hydrogen-bond acceptors (Lipinski definition) is 3. The number of halogens is 2. The van der Waals surface area contributed by atoms with Crippen LogP contribution in [0.4, 0.5) is 4.39 Å². The summed E-state index contributed by atoms with van der Waals surface area (Å²) in [5, 5.41) is 12.5. The van der Waals surface area contributed by atoms with Gasteiger partial charge in [0, 0.05) is 36.9 Å². The van der Waals surface area contributed by atoms with Crippen molar-refractivity contribution in [1.82, 2.24) is 5.32 Å². The Labute approximate surface area is 106 Å². The number of methoxy groups -OCH3 is 1. The fraction of sp³-hybridized carbons (Fsp3) is 0.500. The van der Waals surface area contributed by atoms with E-state index in [2.05, 4.69) is 5.32 Å². The topological polar surface area (TPSA) is 41.5 Å². The highest BCUT2D eigenvalue weighted by Crippen LogP contribution is 2.14.